The average molecular weight is 371 g/mol. The fourth-order valence-corrected chi connectivity index (χ4v) is 3.53. The molecule has 1 aliphatic heterocycles. The maximum absolute atomic E-state index is 10.6. The van der Waals surface area contributed by atoms with Crippen molar-refractivity contribution in [2.45, 2.75) is 57.0 Å². The minimum absolute atomic E-state index is 0.759. The Labute approximate surface area is 150 Å². The van der Waals surface area contributed by atoms with E-state index in [1.54, 1.807) is 6.33 Å². The van der Waals surface area contributed by atoms with Crippen LogP contribution in [0.15, 0.2) is 6.33 Å². The highest BCUT2D eigenvalue weighted by Crippen LogP contribution is 2.41. The lowest BCUT2D eigenvalue weighted by molar-refractivity contribution is -0.192. The first kappa shape index (κ1) is 19.1. The fourth-order valence-electron chi connectivity index (χ4n) is 3.53. The highest BCUT2D eigenvalue weighted by atomic mass is 19.4. The smallest absolute Gasteiger partial charge is 0.475 e. The van der Waals surface area contributed by atoms with Crippen LogP contribution in [0.25, 0.3) is 0 Å². The van der Waals surface area contributed by atoms with Gasteiger partial charge in [0.2, 0.25) is 0 Å². The van der Waals surface area contributed by atoms with Crippen LogP contribution in [0, 0.1) is 5.92 Å². The summed E-state index contributed by atoms with van der Waals surface area (Å²) >= 11 is 0. The van der Waals surface area contributed by atoms with E-state index in [0.29, 0.717) is 0 Å². The normalized spacial score (nSPS) is 21.0. The molecule has 2 fully saturated rings. The van der Waals surface area contributed by atoms with Crippen LogP contribution < -0.4 is 0 Å². The number of nitrogens with zero attached hydrogens (tertiary/aromatic N) is 3. The van der Waals surface area contributed by atoms with E-state index in [2.05, 4.69) is 14.9 Å². The number of carbonyl (C=O) groups is 1. The molecule has 8 heteroatoms. The Morgan fingerprint density at radius 2 is 1.81 bits per heavy atom. The zero-order valence-electron chi connectivity index (χ0n) is 14.6. The first-order chi connectivity index (χ1) is 12.3. The lowest BCUT2D eigenvalue weighted by Gasteiger charge is -2.31. The average Bonchev–Trinajstić information content (AvgIpc) is 3.37. The standard InChI is InChI=1S/C16H23N3.C2HF3O2/c1-2-12(3-1)10-19-8-6-14-15(7-9-19)17-11-18-16(14)13-4-5-13;3-2(4,5)1(6)7/h11-13H,1-10H2;(H,6,7). The molecule has 0 spiro atoms. The SMILES string of the molecule is O=C(O)C(F)(F)F.c1nc2c(c(C3CC3)n1)CCN(CC1CCC1)CC2. The van der Waals surface area contributed by atoms with Crippen LogP contribution in [0.5, 0.6) is 0 Å². The van der Waals surface area contributed by atoms with Crippen LogP contribution in [0.2, 0.25) is 0 Å². The number of carboxylic acid groups (broad SMARTS) is 1. The van der Waals surface area contributed by atoms with E-state index in [-0.39, 0.29) is 0 Å². The summed E-state index contributed by atoms with van der Waals surface area (Å²) in [5.41, 5.74) is 4.23. The molecule has 4 rings (SSSR count). The van der Waals surface area contributed by atoms with Gasteiger partial charge in [-0.05, 0) is 43.6 Å². The summed E-state index contributed by atoms with van der Waals surface area (Å²) in [7, 11) is 0. The van der Waals surface area contributed by atoms with Gasteiger partial charge in [0.25, 0.3) is 0 Å². The third-order valence-corrected chi connectivity index (χ3v) is 5.36. The van der Waals surface area contributed by atoms with Crippen molar-refractivity contribution in [3.63, 3.8) is 0 Å². The summed E-state index contributed by atoms with van der Waals surface area (Å²) < 4.78 is 31.7. The van der Waals surface area contributed by atoms with Gasteiger partial charge in [-0.2, -0.15) is 13.2 Å². The van der Waals surface area contributed by atoms with Gasteiger partial charge in [0.05, 0.1) is 5.69 Å². The molecule has 0 aromatic carbocycles. The van der Waals surface area contributed by atoms with Gasteiger partial charge in [-0.3, -0.25) is 0 Å². The highest BCUT2D eigenvalue weighted by Gasteiger charge is 2.38. The second-order valence-electron chi connectivity index (χ2n) is 7.36. The van der Waals surface area contributed by atoms with E-state index in [1.165, 1.54) is 75.1 Å². The van der Waals surface area contributed by atoms with Gasteiger partial charge < -0.3 is 10.0 Å². The number of rotatable bonds is 3. The number of aromatic nitrogens is 2. The predicted molar refractivity (Wildman–Crippen MR) is 88.9 cm³/mol. The number of alkyl halides is 3. The molecule has 0 amide bonds. The van der Waals surface area contributed by atoms with Gasteiger partial charge in [0.15, 0.2) is 0 Å². The van der Waals surface area contributed by atoms with Gasteiger partial charge in [-0.25, -0.2) is 14.8 Å². The summed E-state index contributed by atoms with van der Waals surface area (Å²) in [5, 5.41) is 7.12. The molecule has 1 aromatic heterocycles. The maximum atomic E-state index is 10.6. The molecule has 0 saturated heterocycles. The van der Waals surface area contributed by atoms with Crippen molar-refractivity contribution < 1.29 is 23.1 Å². The quantitative estimate of drug-likeness (QED) is 0.884. The Bertz CT molecular complexity index is 643. The van der Waals surface area contributed by atoms with Crippen LogP contribution in [-0.2, 0) is 17.6 Å². The molecule has 0 radical (unpaired) electrons. The van der Waals surface area contributed by atoms with E-state index in [4.69, 9.17) is 9.90 Å². The van der Waals surface area contributed by atoms with Crippen LogP contribution in [0.3, 0.4) is 0 Å². The lowest BCUT2D eigenvalue weighted by Crippen LogP contribution is -2.34. The maximum Gasteiger partial charge on any atom is 0.490 e. The molecule has 2 aliphatic carbocycles. The van der Waals surface area contributed by atoms with Crippen LogP contribution >= 0.6 is 0 Å². The Balaban J connectivity index is 0.000000242. The molecule has 144 valence electrons. The third-order valence-electron chi connectivity index (χ3n) is 5.36. The summed E-state index contributed by atoms with van der Waals surface area (Å²) in [6, 6.07) is 0. The molecular formula is C18H24F3N3O2. The summed E-state index contributed by atoms with van der Waals surface area (Å²) in [4.78, 5) is 20.7. The molecule has 0 unspecified atom stereocenters. The van der Waals surface area contributed by atoms with Crippen LogP contribution in [0.1, 0.15) is 55.0 Å². The van der Waals surface area contributed by atoms with Gasteiger partial charge in [0.1, 0.15) is 6.33 Å². The van der Waals surface area contributed by atoms with Crippen molar-refractivity contribution in [2.24, 2.45) is 5.92 Å². The van der Waals surface area contributed by atoms with Crippen molar-refractivity contribution >= 4 is 5.97 Å². The van der Waals surface area contributed by atoms with E-state index in [1.807, 2.05) is 0 Å². The molecule has 26 heavy (non-hydrogen) atoms. The number of fused-ring (bicyclic) bond motifs is 1. The summed E-state index contributed by atoms with van der Waals surface area (Å²) in [5.74, 6) is -1.02. The molecule has 1 N–H and O–H groups in total. The topological polar surface area (TPSA) is 66.3 Å². The Kier molecular flexibility index (Phi) is 5.79. The number of hydrogen-bond donors (Lipinski definition) is 1. The van der Waals surface area contributed by atoms with Crippen molar-refractivity contribution in [2.75, 3.05) is 19.6 Å². The lowest BCUT2D eigenvalue weighted by atomic mass is 9.85. The molecule has 3 aliphatic rings. The Morgan fingerprint density at radius 1 is 1.15 bits per heavy atom. The molecule has 1 aromatic rings. The number of carboxylic acids is 1. The number of halogens is 3. The zero-order valence-corrected chi connectivity index (χ0v) is 14.6. The fraction of sp³-hybridized carbons (Fsp3) is 0.722. The summed E-state index contributed by atoms with van der Waals surface area (Å²) in [6.07, 6.45) is 6.07. The monoisotopic (exact) mass is 371 g/mol. The third kappa shape index (κ3) is 4.93. The number of aliphatic carboxylic acids is 1. The van der Waals surface area contributed by atoms with Crippen molar-refractivity contribution in [3.8, 4) is 0 Å². The van der Waals surface area contributed by atoms with E-state index >= 15 is 0 Å². The number of hydrogen-bond acceptors (Lipinski definition) is 4. The minimum Gasteiger partial charge on any atom is -0.475 e. The predicted octanol–water partition coefficient (Wildman–Crippen LogP) is 3.19. The van der Waals surface area contributed by atoms with Crippen molar-refractivity contribution in [1.82, 2.24) is 14.9 Å². The van der Waals surface area contributed by atoms with Crippen molar-refractivity contribution in [1.29, 1.82) is 0 Å². The van der Waals surface area contributed by atoms with Gasteiger partial charge in [0, 0.05) is 37.7 Å². The molecule has 2 saturated carbocycles. The largest absolute Gasteiger partial charge is 0.490 e. The zero-order chi connectivity index (χ0) is 18.7. The molecule has 0 bridgehead atoms. The molecular weight excluding hydrogens is 347 g/mol. The highest BCUT2D eigenvalue weighted by molar-refractivity contribution is 5.73. The van der Waals surface area contributed by atoms with Crippen LogP contribution in [-0.4, -0.2) is 51.8 Å². The second-order valence-corrected chi connectivity index (χ2v) is 7.36. The van der Waals surface area contributed by atoms with Gasteiger partial charge >= 0.3 is 12.1 Å². The van der Waals surface area contributed by atoms with E-state index in [9.17, 15) is 13.2 Å². The minimum atomic E-state index is -5.08. The molecule has 2 heterocycles. The van der Waals surface area contributed by atoms with E-state index < -0.39 is 12.1 Å². The molecule has 0 atom stereocenters. The van der Waals surface area contributed by atoms with Gasteiger partial charge in [-0.1, -0.05) is 6.42 Å². The summed E-state index contributed by atoms with van der Waals surface area (Å²) in [6.45, 7) is 3.74. The first-order valence-corrected chi connectivity index (χ1v) is 9.19. The van der Waals surface area contributed by atoms with Crippen LogP contribution in [0.4, 0.5) is 13.2 Å². The van der Waals surface area contributed by atoms with Crippen molar-refractivity contribution in [3.05, 3.63) is 23.3 Å². The van der Waals surface area contributed by atoms with E-state index in [0.717, 1.165) is 18.3 Å². The second kappa shape index (κ2) is 7.90. The Hall–Kier alpha value is -1.70. The first-order valence-electron chi connectivity index (χ1n) is 9.19. The molecule has 5 nitrogen and oxygen atoms in total. The Morgan fingerprint density at radius 3 is 2.35 bits per heavy atom. The van der Waals surface area contributed by atoms with Gasteiger partial charge in [-0.15, -0.1) is 0 Å².